The molecule has 0 aliphatic rings. The molecule has 0 N–H and O–H groups in total. The zero-order chi connectivity index (χ0) is 11.4. The highest BCUT2D eigenvalue weighted by Crippen LogP contribution is 2.03. The van der Waals surface area contributed by atoms with Gasteiger partial charge in [-0.15, -0.1) is 0 Å². The molecule has 0 amide bonds. The molecular weight excluding hydrogens is 210 g/mol. The number of benzene rings is 2. The highest BCUT2D eigenvalue weighted by molar-refractivity contribution is 7.06. The van der Waals surface area contributed by atoms with E-state index in [9.17, 15) is 5.26 Å². The minimum absolute atomic E-state index is 1.17. The molecule has 0 spiro atoms. The molecule has 0 aromatic heterocycles. The largest absolute Gasteiger partial charge is 0.231 e. The van der Waals surface area contributed by atoms with Crippen molar-refractivity contribution in [2.45, 2.75) is 6.55 Å². The smallest absolute Gasteiger partial charge is 0.206 e. The molecule has 0 fully saturated rings. The van der Waals surface area contributed by atoms with E-state index in [0.717, 1.165) is 0 Å². The average molecular weight is 223 g/mol. The topological polar surface area (TPSA) is 23.8 Å². The fraction of sp³-hybridized carbons (Fsp3) is 0.0714. The van der Waals surface area contributed by atoms with Crippen LogP contribution in [0.3, 0.4) is 0 Å². The number of hydrogen-bond acceptors (Lipinski definition) is 1. The summed E-state index contributed by atoms with van der Waals surface area (Å²) in [6.07, 6.45) is 0. The zero-order valence-electron chi connectivity index (χ0n) is 9.22. The van der Waals surface area contributed by atoms with Gasteiger partial charge in [0.25, 0.3) is 0 Å². The van der Waals surface area contributed by atoms with Gasteiger partial charge < -0.3 is 0 Å². The second-order valence-corrected chi connectivity index (χ2v) is 7.60. The minimum Gasteiger partial charge on any atom is -0.206 e. The molecule has 2 aromatic rings. The van der Waals surface area contributed by atoms with Gasteiger partial charge in [0, 0.05) is 5.69 Å². The average Bonchev–Trinajstić information content (AvgIpc) is 2.40. The van der Waals surface area contributed by atoms with Gasteiger partial charge in [-0.1, -0.05) is 60.7 Å². The lowest BCUT2D eigenvalue weighted by atomic mass is 10.4. The second-order valence-electron chi connectivity index (χ2n) is 3.97. The molecule has 0 saturated heterocycles. The van der Waals surface area contributed by atoms with Crippen molar-refractivity contribution in [3.8, 4) is 5.69 Å². The van der Waals surface area contributed by atoms with Crippen LogP contribution in [0.2, 0.25) is 6.55 Å². The summed E-state index contributed by atoms with van der Waals surface area (Å²) in [5.74, 6) is 0. The van der Waals surface area contributed by atoms with Crippen LogP contribution in [0.15, 0.2) is 60.7 Å². The summed E-state index contributed by atoms with van der Waals surface area (Å²) in [5.41, 5.74) is 2.55. The van der Waals surface area contributed by atoms with Gasteiger partial charge in [-0.3, -0.25) is 0 Å². The fourth-order valence-corrected chi connectivity index (χ4v) is 4.15. The highest BCUT2D eigenvalue weighted by atomic mass is 28.3. The van der Waals surface area contributed by atoms with Gasteiger partial charge in [0.1, 0.15) is 0 Å². The van der Waals surface area contributed by atoms with E-state index >= 15 is 0 Å². The lowest BCUT2D eigenvalue weighted by Gasteiger charge is -2.19. The van der Waals surface area contributed by atoms with Crippen LogP contribution >= 0.6 is 0 Å². The number of nitrogens with zero attached hydrogens (tertiary/aromatic N) is 1. The Labute approximate surface area is 97.0 Å². The minimum atomic E-state index is -2.17. The first-order valence-electron chi connectivity index (χ1n) is 5.29. The number of nitriles is 1. The van der Waals surface area contributed by atoms with Crippen molar-refractivity contribution in [3.05, 3.63) is 60.7 Å². The van der Waals surface area contributed by atoms with Crippen LogP contribution in [-0.2, 0) is 0 Å². The van der Waals surface area contributed by atoms with E-state index in [1.165, 1.54) is 10.4 Å². The lowest BCUT2D eigenvalue weighted by molar-refractivity contribution is 1.54. The van der Waals surface area contributed by atoms with Gasteiger partial charge in [-0.25, -0.2) is 5.26 Å². The van der Waals surface area contributed by atoms with Gasteiger partial charge in [0.2, 0.25) is 8.07 Å². The summed E-state index contributed by atoms with van der Waals surface area (Å²) < 4.78 is 0. The van der Waals surface area contributed by atoms with E-state index in [2.05, 4.69) is 36.5 Å². The van der Waals surface area contributed by atoms with E-state index in [1.807, 2.05) is 36.4 Å². The van der Waals surface area contributed by atoms with E-state index < -0.39 is 8.07 Å². The van der Waals surface area contributed by atoms with Crippen molar-refractivity contribution in [2.24, 2.45) is 0 Å². The van der Waals surface area contributed by atoms with Crippen LogP contribution in [0.4, 0.5) is 0 Å². The van der Waals surface area contributed by atoms with Gasteiger partial charge in [0.05, 0.1) is 0 Å². The van der Waals surface area contributed by atoms with Crippen molar-refractivity contribution in [2.75, 3.05) is 0 Å². The maximum absolute atomic E-state index is 9.50. The molecule has 2 heteroatoms. The van der Waals surface area contributed by atoms with E-state index in [1.54, 1.807) is 0 Å². The summed E-state index contributed by atoms with van der Waals surface area (Å²) in [4.78, 5) is 0. The lowest BCUT2D eigenvalue weighted by Crippen LogP contribution is -2.54. The number of rotatable bonds is 2. The summed E-state index contributed by atoms with van der Waals surface area (Å²) in [5, 5.41) is 11.8. The molecule has 0 atom stereocenters. The van der Waals surface area contributed by atoms with Gasteiger partial charge >= 0.3 is 0 Å². The molecule has 2 aromatic carbocycles. The van der Waals surface area contributed by atoms with Gasteiger partial charge in [-0.2, -0.15) is 0 Å². The second kappa shape index (κ2) is 4.34. The Bertz CT molecular complexity index is 460. The Kier molecular flexibility index (Phi) is 2.89. The van der Waals surface area contributed by atoms with Gasteiger partial charge in [-0.05, 0) is 16.9 Å². The van der Waals surface area contributed by atoms with Crippen LogP contribution in [0.1, 0.15) is 0 Å². The zero-order valence-corrected chi connectivity index (χ0v) is 10.2. The van der Waals surface area contributed by atoms with Crippen molar-refractivity contribution < 1.29 is 0 Å². The molecular formula is C14H13NSi. The molecule has 0 aliphatic heterocycles. The third-order valence-corrected chi connectivity index (χ3v) is 6.35. The molecule has 78 valence electrons. The van der Waals surface area contributed by atoms with Crippen molar-refractivity contribution >= 4 is 18.4 Å². The summed E-state index contributed by atoms with van der Waals surface area (Å²) in [6, 6.07) is 20.2. The molecule has 0 radical (unpaired) electrons. The molecule has 0 bridgehead atoms. The van der Waals surface area contributed by atoms with Crippen LogP contribution in [-0.4, -0.2) is 8.07 Å². The molecule has 0 unspecified atom stereocenters. The molecule has 0 heterocycles. The summed E-state index contributed by atoms with van der Waals surface area (Å²) in [6.45, 7) is 2.09. The first kappa shape index (κ1) is 10.7. The molecule has 2 rings (SSSR count). The predicted octanol–water partition coefficient (Wildman–Crippen LogP) is 1.94. The van der Waals surface area contributed by atoms with Crippen LogP contribution in [0.5, 0.6) is 0 Å². The Morgan fingerprint density at radius 2 is 1.19 bits per heavy atom. The van der Waals surface area contributed by atoms with Crippen LogP contribution < -0.4 is 10.4 Å². The standard InChI is InChI=1S/C14H13NSi/c1-16(12-15,13-8-4-2-5-9-13)14-10-6-3-7-11-14/h2-11H,1H3. The molecule has 0 saturated carbocycles. The van der Waals surface area contributed by atoms with E-state index in [4.69, 9.17) is 0 Å². The summed E-state index contributed by atoms with van der Waals surface area (Å²) >= 11 is 0. The quantitative estimate of drug-likeness (QED) is 0.714. The molecule has 0 aliphatic carbocycles. The highest BCUT2D eigenvalue weighted by Gasteiger charge is 2.32. The maximum Gasteiger partial charge on any atom is 0.231 e. The summed E-state index contributed by atoms with van der Waals surface area (Å²) in [7, 11) is -2.17. The third kappa shape index (κ3) is 1.78. The van der Waals surface area contributed by atoms with E-state index in [-0.39, 0.29) is 0 Å². The van der Waals surface area contributed by atoms with Crippen LogP contribution in [0, 0.1) is 11.0 Å². The fourth-order valence-electron chi connectivity index (χ4n) is 1.84. The van der Waals surface area contributed by atoms with Crippen LogP contribution in [0.25, 0.3) is 0 Å². The first-order valence-corrected chi connectivity index (χ1v) is 7.79. The van der Waals surface area contributed by atoms with Crippen molar-refractivity contribution in [1.29, 1.82) is 5.26 Å². The Balaban J connectivity index is 2.55. The van der Waals surface area contributed by atoms with Crippen molar-refractivity contribution in [1.82, 2.24) is 0 Å². The normalized spacial score (nSPS) is 10.8. The molecule has 16 heavy (non-hydrogen) atoms. The Morgan fingerprint density at radius 1 is 0.812 bits per heavy atom. The van der Waals surface area contributed by atoms with Gasteiger partial charge in [0.15, 0.2) is 0 Å². The Hall–Kier alpha value is -1.85. The Morgan fingerprint density at radius 3 is 1.50 bits per heavy atom. The number of hydrogen-bond donors (Lipinski definition) is 0. The SMILES string of the molecule is C[Si](C#N)(c1ccccc1)c1ccccc1. The third-order valence-electron chi connectivity index (χ3n) is 2.93. The van der Waals surface area contributed by atoms with Crippen molar-refractivity contribution in [3.63, 3.8) is 0 Å². The monoisotopic (exact) mass is 223 g/mol. The predicted molar refractivity (Wildman–Crippen MR) is 69.4 cm³/mol. The first-order chi connectivity index (χ1) is 7.77. The maximum atomic E-state index is 9.50. The van der Waals surface area contributed by atoms with E-state index in [0.29, 0.717) is 0 Å². The molecule has 1 nitrogen and oxygen atoms in total.